The molecule has 0 saturated carbocycles. The van der Waals surface area contributed by atoms with E-state index in [0.29, 0.717) is 5.92 Å². The maximum absolute atomic E-state index is 12.5. The summed E-state index contributed by atoms with van der Waals surface area (Å²) in [6, 6.07) is 6.18. The van der Waals surface area contributed by atoms with E-state index < -0.39 is 0 Å². The van der Waals surface area contributed by atoms with Crippen molar-refractivity contribution in [2.24, 2.45) is 11.8 Å². The van der Waals surface area contributed by atoms with Gasteiger partial charge < -0.3 is 15.0 Å². The number of rotatable bonds is 4. The average Bonchev–Trinajstić information content (AvgIpc) is 3.04. The fraction of sp³-hybridized carbons (Fsp3) is 0.647. The molecule has 120 valence electrons. The largest absolute Gasteiger partial charge is 0.381 e. The number of nitrogens with zero attached hydrogens (tertiary/aromatic N) is 2. The molecule has 1 aromatic heterocycles. The van der Waals surface area contributed by atoms with E-state index in [1.807, 2.05) is 24.4 Å². The minimum absolute atomic E-state index is 0.0767. The topological polar surface area (TPSA) is 54.5 Å². The highest BCUT2D eigenvalue weighted by Crippen LogP contribution is 2.24. The van der Waals surface area contributed by atoms with Crippen LogP contribution in [0, 0.1) is 11.8 Å². The van der Waals surface area contributed by atoms with E-state index in [-0.39, 0.29) is 17.9 Å². The van der Waals surface area contributed by atoms with Gasteiger partial charge in [0, 0.05) is 44.5 Å². The average molecular weight is 303 g/mol. The van der Waals surface area contributed by atoms with Gasteiger partial charge in [-0.1, -0.05) is 13.0 Å². The van der Waals surface area contributed by atoms with Gasteiger partial charge in [-0.2, -0.15) is 0 Å². The highest BCUT2D eigenvalue weighted by molar-refractivity contribution is 5.79. The van der Waals surface area contributed by atoms with Gasteiger partial charge in [0.05, 0.1) is 0 Å². The normalized spacial score (nSPS) is 24.2. The number of carbonyl (C=O) groups excluding carboxylic acids is 1. The molecule has 2 unspecified atom stereocenters. The molecule has 3 heterocycles. The zero-order valence-electron chi connectivity index (χ0n) is 13.2. The third kappa shape index (κ3) is 3.58. The second-order valence-corrected chi connectivity index (χ2v) is 6.37. The lowest BCUT2D eigenvalue weighted by Crippen LogP contribution is -2.42. The Morgan fingerprint density at radius 2 is 2.18 bits per heavy atom. The summed E-state index contributed by atoms with van der Waals surface area (Å²) in [6.45, 7) is 5.44. The predicted molar refractivity (Wildman–Crippen MR) is 85.7 cm³/mol. The highest BCUT2D eigenvalue weighted by Gasteiger charge is 2.30. The predicted octanol–water partition coefficient (Wildman–Crippen LogP) is 1.84. The number of aromatic nitrogens is 1. The van der Waals surface area contributed by atoms with Gasteiger partial charge in [0.25, 0.3) is 0 Å². The molecule has 0 bridgehead atoms. The molecule has 1 N–H and O–H groups in total. The standard InChI is InChI=1S/C17H25N3O2/c1-13(14-6-10-22-11-7-14)17(21)19-15-5-9-20(12-15)16-4-2-3-8-18-16/h2-4,8,13-15H,5-7,9-12H2,1H3,(H,19,21). The van der Waals surface area contributed by atoms with Gasteiger partial charge in [-0.3, -0.25) is 4.79 Å². The van der Waals surface area contributed by atoms with Crippen molar-refractivity contribution in [3.05, 3.63) is 24.4 Å². The molecule has 0 aromatic carbocycles. The SMILES string of the molecule is CC(C(=O)NC1CCN(c2ccccn2)C1)C1CCOCC1. The molecule has 0 radical (unpaired) electrons. The summed E-state index contributed by atoms with van der Waals surface area (Å²) >= 11 is 0. The molecular formula is C17H25N3O2. The van der Waals surface area contributed by atoms with Crippen molar-refractivity contribution >= 4 is 11.7 Å². The number of nitrogens with one attached hydrogen (secondary N) is 1. The first-order valence-corrected chi connectivity index (χ1v) is 8.28. The van der Waals surface area contributed by atoms with Crippen LogP contribution in [0.3, 0.4) is 0 Å². The van der Waals surface area contributed by atoms with E-state index >= 15 is 0 Å². The lowest BCUT2D eigenvalue weighted by atomic mass is 9.86. The van der Waals surface area contributed by atoms with Crippen molar-refractivity contribution in [1.29, 1.82) is 0 Å². The summed E-state index contributed by atoms with van der Waals surface area (Å²) in [6.07, 6.45) is 4.80. The van der Waals surface area contributed by atoms with E-state index in [1.165, 1.54) is 0 Å². The zero-order valence-corrected chi connectivity index (χ0v) is 13.2. The van der Waals surface area contributed by atoms with Crippen LogP contribution >= 0.6 is 0 Å². The molecule has 5 nitrogen and oxygen atoms in total. The van der Waals surface area contributed by atoms with Crippen molar-refractivity contribution in [2.75, 3.05) is 31.2 Å². The van der Waals surface area contributed by atoms with Crippen LogP contribution < -0.4 is 10.2 Å². The van der Waals surface area contributed by atoms with Gasteiger partial charge in [0.1, 0.15) is 5.82 Å². The van der Waals surface area contributed by atoms with Gasteiger partial charge in [-0.15, -0.1) is 0 Å². The Hall–Kier alpha value is -1.62. The molecule has 0 spiro atoms. The first-order chi connectivity index (χ1) is 10.7. The van der Waals surface area contributed by atoms with Crippen LogP contribution in [-0.4, -0.2) is 43.2 Å². The molecule has 1 aromatic rings. The van der Waals surface area contributed by atoms with Crippen molar-refractivity contribution in [3.63, 3.8) is 0 Å². The number of hydrogen-bond acceptors (Lipinski definition) is 4. The second kappa shape index (κ2) is 7.09. The number of amides is 1. The molecule has 1 amide bonds. The Balaban J connectivity index is 1.50. The van der Waals surface area contributed by atoms with Crippen molar-refractivity contribution in [3.8, 4) is 0 Å². The Morgan fingerprint density at radius 1 is 1.36 bits per heavy atom. The van der Waals surface area contributed by atoms with Crippen molar-refractivity contribution in [2.45, 2.75) is 32.2 Å². The molecule has 5 heteroatoms. The third-order valence-electron chi connectivity index (χ3n) is 4.89. The smallest absolute Gasteiger partial charge is 0.223 e. The minimum atomic E-state index is 0.0767. The van der Waals surface area contributed by atoms with Crippen molar-refractivity contribution < 1.29 is 9.53 Å². The number of pyridine rings is 1. The van der Waals surface area contributed by atoms with Crippen LogP contribution in [-0.2, 0) is 9.53 Å². The first-order valence-electron chi connectivity index (χ1n) is 8.28. The Bertz CT molecular complexity index is 488. The van der Waals surface area contributed by atoms with Crippen LogP contribution in [0.15, 0.2) is 24.4 Å². The van der Waals surface area contributed by atoms with Gasteiger partial charge in [0.15, 0.2) is 0 Å². The van der Waals surface area contributed by atoms with E-state index in [9.17, 15) is 4.79 Å². The van der Waals surface area contributed by atoms with Crippen LogP contribution in [0.5, 0.6) is 0 Å². The fourth-order valence-corrected chi connectivity index (χ4v) is 3.39. The third-order valence-corrected chi connectivity index (χ3v) is 4.89. The van der Waals surface area contributed by atoms with E-state index in [1.54, 1.807) is 0 Å². The van der Waals surface area contributed by atoms with E-state index in [4.69, 9.17) is 4.74 Å². The van der Waals surface area contributed by atoms with Crippen LogP contribution in [0.4, 0.5) is 5.82 Å². The number of carbonyl (C=O) groups is 1. The van der Waals surface area contributed by atoms with Gasteiger partial charge in [0.2, 0.25) is 5.91 Å². The molecule has 2 saturated heterocycles. The zero-order chi connectivity index (χ0) is 15.4. The summed E-state index contributed by atoms with van der Waals surface area (Å²) in [4.78, 5) is 19.1. The van der Waals surface area contributed by atoms with Gasteiger partial charge >= 0.3 is 0 Å². The first kappa shape index (κ1) is 15.3. The highest BCUT2D eigenvalue weighted by atomic mass is 16.5. The number of hydrogen-bond donors (Lipinski definition) is 1. The maximum Gasteiger partial charge on any atom is 0.223 e. The molecule has 2 aliphatic rings. The fourth-order valence-electron chi connectivity index (χ4n) is 3.39. The Morgan fingerprint density at radius 3 is 2.91 bits per heavy atom. The molecule has 3 rings (SSSR count). The summed E-state index contributed by atoms with van der Waals surface area (Å²) in [5, 5.41) is 3.23. The Kier molecular flexibility index (Phi) is 4.93. The van der Waals surface area contributed by atoms with Gasteiger partial charge in [-0.05, 0) is 37.3 Å². The summed E-state index contributed by atoms with van der Waals surface area (Å²) < 4.78 is 5.38. The summed E-state index contributed by atoms with van der Waals surface area (Å²) in [5.74, 6) is 1.73. The Labute approximate surface area is 132 Å². The molecule has 2 aliphatic heterocycles. The molecule has 2 atom stereocenters. The van der Waals surface area contributed by atoms with Crippen LogP contribution in [0.25, 0.3) is 0 Å². The second-order valence-electron chi connectivity index (χ2n) is 6.37. The molecular weight excluding hydrogens is 278 g/mol. The van der Waals surface area contributed by atoms with Crippen molar-refractivity contribution in [1.82, 2.24) is 10.3 Å². The van der Waals surface area contributed by atoms with E-state index in [0.717, 1.165) is 51.4 Å². The van der Waals surface area contributed by atoms with Gasteiger partial charge in [-0.25, -0.2) is 4.98 Å². The quantitative estimate of drug-likeness (QED) is 0.922. The summed E-state index contributed by atoms with van der Waals surface area (Å²) in [5.41, 5.74) is 0. The van der Waals surface area contributed by atoms with Crippen LogP contribution in [0.1, 0.15) is 26.2 Å². The number of ether oxygens (including phenoxy) is 1. The summed E-state index contributed by atoms with van der Waals surface area (Å²) in [7, 11) is 0. The van der Waals surface area contributed by atoms with E-state index in [2.05, 4.69) is 22.1 Å². The molecule has 2 fully saturated rings. The lowest BCUT2D eigenvalue weighted by molar-refractivity contribution is -0.127. The minimum Gasteiger partial charge on any atom is -0.381 e. The monoisotopic (exact) mass is 303 g/mol. The molecule has 0 aliphatic carbocycles. The molecule has 22 heavy (non-hydrogen) atoms. The lowest BCUT2D eigenvalue weighted by Gasteiger charge is -2.28. The maximum atomic E-state index is 12.5. The number of anilines is 1. The van der Waals surface area contributed by atoms with Crippen LogP contribution in [0.2, 0.25) is 0 Å².